The molecular weight excluding hydrogens is 225 g/mol. The van der Waals surface area contributed by atoms with Crippen LogP contribution in [0.1, 0.15) is 17.8 Å². The van der Waals surface area contributed by atoms with Crippen LogP contribution in [0.2, 0.25) is 0 Å². The van der Waals surface area contributed by atoms with E-state index in [0.717, 1.165) is 0 Å². The van der Waals surface area contributed by atoms with E-state index in [0.29, 0.717) is 17.6 Å². The van der Waals surface area contributed by atoms with Crippen molar-refractivity contribution in [2.24, 2.45) is 0 Å². The highest BCUT2D eigenvalue weighted by Gasteiger charge is 2.04. The third-order valence-electron chi connectivity index (χ3n) is 1.67. The molecule has 0 fully saturated rings. The number of hydrogen-bond acceptors (Lipinski definition) is 2. The fraction of sp³-hybridized carbons (Fsp3) is 0.333. The lowest BCUT2D eigenvalue weighted by Crippen LogP contribution is -2.18. The number of halogens is 2. The average molecular weight is 236 g/mol. The lowest BCUT2D eigenvalue weighted by Gasteiger charge is -2.10. The van der Waals surface area contributed by atoms with Gasteiger partial charge in [-0.15, -0.1) is 11.3 Å². The zero-order valence-electron chi connectivity index (χ0n) is 7.26. The fourth-order valence-corrected chi connectivity index (χ4v) is 1.84. The van der Waals surface area contributed by atoms with E-state index in [-0.39, 0.29) is 0 Å². The molecule has 1 aromatic rings. The van der Waals surface area contributed by atoms with Crippen molar-refractivity contribution in [1.82, 2.24) is 5.32 Å². The first-order valence-electron chi connectivity index (χ1n) is 3.95. The molecule has 0 spiro atoms. The van der Waals surface area contributed by atoms with E-state index in [2.05, 4.69) is 23.7 Å². The Bertz CT molecular complexity index is 269. The molecule has 0 aliphatic rings. The zero-order valence-corrected chi connectivity index (χ0v) is 9.59. The first-order chi connectivity index (χ1) is 6.24. The van der Waals surface area contributed by atoms with E-state index < -0.39 is 0 Å². The molecule has 0 saturated heterocycles. The first kappa shape index (κ1) is 11.1. The SMILES string of the molecule is CC(NCC(Cl)=CCl)c1cccs1. The molecule has 1 nitrogen and oxygen atoms in total. The monoisotopic (exact) mass is 235 g/mol. The van der Waals surface area contributed by atoms with Crippen molar-refractivity contribution in [2.75, 3.05) is 6.54 Å². The van der Waals surface area contributed by atoms with Gasteiger partial charge in [-0.1, -0.05) is 29.3 Å². The van der Waals surface area contributed by atoms with Gasteiger partial charge in [-0.05, 0) is 18.4 Å². The van der Waals surface area contributed by atoms with E-state index >= 15 is 0 Å². The number of rotatable bonds is 4. The van der Waals surface area contributed by atoms with Gasteiger partial charge in [0.2, 0.25) is 0 Å². The Hall–Kier alpha value is -0.0200. The van der Waals surface area contributed by atoms with Gasteiger partial charge in [-0.25, -0.2) is 0 Å². The largest absolute Gasteiger partial charge is 0.304 e. The third-order valence-corrected chi connectivity index (χ3v) is 3.34. The molecule has 0 aliphatic carbocycles. The van der Waals surface area contributed by atoms with Crippen molar-refractivity contribution < 1.29 is 0 Å². The number of hydrogen-bond donors (Lipinski definition) is 1. The molecule has 0 saturated carbocycles. The van der Waals surface area contributed by atoms with Crippen molar-refractivity contribution in [2.45, 2.75) is 13.0 Å². The van der Waals surface area contributed by atoms with Crippen LogP contribution in [0.5, 0.6) is 0 Å². The zero-order chi connectivity index (χ0) is 9.68. The minimum Gasteiger partial charge on any atom is -0.304 e. The molecule has 4 heteroatoms. The average Bonchev–Trinajstić information content (AvgIpc) is 2.66. The molecule has 13 heavy (non-hydrogen) atoms. The maximum Gasteiger partial charge on any atom is 0.0432 e. The molecule has 1 N–H and O–H groups in total. The maximum absolute atomic E-state index is 5.74. The molecule has 1 heterocycles. The van der Waals surface area contributed by atoms with Crippen LogP contribution in [0.15, 0.2) is 28.1 Å². The number of thiophene rings is 1. The predicted octanol–water partition coefficient (Wildman–Crippen LogP) is 3.72. The van der Waals surface area contributed by atoms with Crippen molar-refractivity contribution in [3.05, 3.63) is 33.0 Å². The second kappa shape index (κ2) is 5.66. The summed E-state index contributed by atoms with van der Waals surface area (Å²) in [5, 5.41) is 5.95. The van der Waals surface area contributed by atoms with Gasteiger partial charge in [-0.3, -0.25) is 0 Å². The Morgan fingerprint density at radius 3 is 3.08 bits per heavy atom. The molecule has 0 bridgehead atoms. The molecule has 0 amide bonds. The normalized spacial score (nSPS) is 14.5. The van der Waals surface area contributed by atoms with Crippen LogP contribution in [0.4, 0.5) is 0 Å². The van der Waals surface area contributed by atoms with Crippen LogP contribution in [-0.4, -0.2) is 6.54 Å². The van der Waals surface area contributed by atoms with Gasteiger partial charge in [0.15, 0.2) is 0 Å². The maximum atomic E-state index is 5.74. The van der Waals surface area contributed by atoms with Crippen molar-refractivity contribution in [3.8, 4) is 0 Å². The van der Waals surface area contributed by atoms with E-state index in [1.54, 1.807) is 11.3 Å². The first-order valence-corrected chi connectivity index (χ1v) is 5.65. The third kappa shape index (κ3) is 3.69. The van der Waals surface area contributed by atoms with Gasteiger partial charge in [0.1, 0.15) is 0 Å². The Morgan fingerprint density at radius 2 is 2.54 bits per heavy atom. The van der Waals surface area contributed by atoms with Gasteiger partial charge in [0, 0.05) is 28.0 Å². The van der Waals surface area contributed by atoms with Crippen LogP contribution in [0, 0.1) is 0 Å². The van der Waals surface area contributed by atoms with Crippen LogP contribution >= 0.6 is 34.5 Å². The smallest absolute Gasteiger partial charge is 0.0432 e. The second-order valence-electron chi connectivity index (χ2n) is 2.67. The minimum atomic E-state index is 0.324. The quantitative estimate of drug-likeness (QED) is 0.840. The van der Waals surface area contributed by atoms with Gasteiger partial charge in [0.05, 0.1) is 0 Å². The van der Waals surface area contributed by atoms with Crippen LogP contribution in [0.3, 0.4) is 0 Å². The second-order valence-corrected chi connectivity index (χ2v) is 4.36. The summed E-state index contributed by atoms with van der Waals surface area (Å²) >= 11 is 12.9. The molecular formula is C9H11Cl2NS. The molecule has 1 rings (SSSR count). The Kier molecular flexibility index (Phi) is 4.81. The van der Waals surface area contributed by atoms with Crippen molar-refractivity contribution >= 4 is 34.5 Å². The predicted molar refractivity (Wildman–Crippen MR) is 60.5 cm³/mol. The van der Waals surface area contributed by atoms with Crippen molar-refractivity contribution in [1.29, 1.82) is 0 Å². The Labute approximate surface area is 92.4 Å². The van der Waals surface area contributed by atoms with Gasteiger partial charge < -0.3 is 5.32 Å². The lowest BCUT2D eigenvalue weighted by atomic mass is 10.3. The van der Waals surface area contributed by atoms with E-state index in [1.807, 2.05) is 6.07 Å². The summed E-state index contributed by atoms with van der Waals surface area (Å²) in [5.41, 5.74) is 1.38. The molecule has 0 aromatic carbocycles. The molecule has 72 valence electrons. The highest BCUT2D eigenvalue weighted by Crippen LogP contribution is 2.18. The summed E-state index contributed by atoms with van der Waals surface area (Å²) < 4.78 is 0. The molecule has 1 atom stereocenters. The molecule has 0 aliphatic heterocycles. The molecule has 1 aromatic heterocycles. The van der Waals surface area contributed by atoms with Crippen LogP contribution in [-0.2, 0) is 0 Å². The summed E-state index contributed by atoms with van der Waals surface area (Å²) in [6.07, 6.45) is 0. The van der Waals surface area contributed by atoms with E-state index in [1.165, 1.54) is 10.4 Å². The summed E-state index contributed by atoms with van der Waals surface area (Å²) in [5.74, 6) is 0. The minimum absolute atomic E-state index is 0.324. The summed E-state index contributed by atoms with van der Waals surface area (Å²) in [6.45, 7) is 2.72. The van der Waals surface area contributed by atoms with E-state index in [9.17, 15) is 0 Å². The van der Waals surface area contributed by atoms with E-state index in [4.69, 9.17) is 23.2 Å². The Balaban J connectivity index is 2.38. The lowest BCUT2D eigenvalue weighted by molar-refractivity contribution is 0.624. The summed E-state index contributed by atoms with van der Waals surface area (Å²) in [6, 6.07) is 4.46. The highest BCUT2D eigenvalue weighted by atomic mass is 35.5. The van der Waals surface area contributed by atoms with Gasteiger partial charge in [-0.2, -0.15) is 0 Å². The summed E-state index contributed by atoms with van der Waals surface area (Å²) in [7, 11) is 0. The van der Waals surface area contributed by atoms with Gasteiger partial charge in [0.25, 0.3) is 0 Å². The molecule has 1 unspecified atom stereocenters. The summed E-state index contributed by atoms with van der Waals surface area (Å²) in [4.78, 5) is 1.30. The van der Waals surface area contributed by atoms with Crippen LogP contribution < -0.4 is 5.32 Å². The van der Waals surface area contributed by atoms with Crippen LogP contribution in [0.25, 0.3) is 0 Å². The fourth-order valence-electron chi connectivity index (χ4n) is 0.927. The molecule has 0 radical (unpaired) electrons. The topological polar surface area (TPSA) is 12.0 Å². The number of nitrogens with one attached hydrogen (secondary N) is 1. The van der Waals surface area contributed by atoms with Gasteiger partial charge >= 0.3 is 0 Å². The standard InChI is InChI=1S/C9H11Cl2NS/c1-7(9-3-2-4-13-9)12-6-8(11)5-10/h2-5,7,12H,6H2,1H3. The van der Waals surface area contributed by atoms with Crippen molar-refractivity contribution in [3.63, 3.8) is 0 Å². The Morgan fingerprint density at radius 1 is 1.77 bits per heavy atom. The highest BCUT2D eigenvalue weighted by molar-refractivity contribution is 7.10.